The molecular formula is C17H15N5O2. The Hall–Kier alpha value is -3.09. The van der Waals surface area contributed by atoms with Crippen LogP contribution in [0.1, 0.15) is 27.4 Å². The fourth-order valence-electron chi connectivity index (χ4n) is 2.83. The first kappa shape index (κ1) is 14.5. The van der Waals surface area contributed by atoms with Crippen molar-refractivity contribution < 1.29 is 9.21 Å². The minimum Gasteiger partial charge on any atom is -0.443 e. The number of aromatic nitrogens is 4. The minimum atomic E-state index is -0.138. The first-order chi connectivity index (χ1) is 11.7. The normalized spacial score (nSPS) is 13.6. The van der Waals surface area contributed by atoms with Gasteiger partial charge in [-0.3, -0.25) is 9.78 Å². The SMILES string of the molecule is Cc1nc(C(=O)N2CCc3cccnc3C2)cnc1-c1ncco1. The summed E-state index contributed by atoms with van der Waals surface area (Å²) >= 11 is 0. The van der Waals surface area contributed by atoms with Crippen LogP contribution < -0.4 is 0 Å². The highest BCUT2D eigenvalue weighted by Gasteiger charge is 2.24. The summed E-state index contributed by atoms with van der Waals surface area (Å²) in [7, 11) is 0. The number of pyridine rings is 1. The fraction of sp³-hybridized carbons (Fsp3) is 0.235. The van der Waals surface area contributed by atoms with E-state index >= 15 is 0 Å². The van der Waals surface area contributed by atoms with E-state index in [0.29, 0.717) is 36.1 Å². The third kappa shape index (κ3) is 2.54. The summed E-state index contributed by atoms with van der Waals surface area (Å²) in [6.45, 7) is 2.94. The van der Waals surface area contributed by atoms with Crippen LogP contribution in [0.4, 0.5) is 0 Å². The second-order valence-corrected chi connectivity index (χ2v) is 5.61. The molecule has 0 fully saturated rings. The zero-order chi connectivity index (χ0) is 16.5. The molecule has 120 valence electrons. The number of carbonyl (C=O) groups excluding carboxylic acids is 1. The lowest BCUT2D eigenvalue weighted by Gasteiger charge is -2.27. The predicted octanol–water partition coefficient (Wildman–Crippen LogP) is 2.03. The van der Waals surface area contributed by atoms with Gasteiger partial charge >= 0.3 is 0 Å². The Morgan fingerprint density at radius 3 is 2.96 bits per heavy atom. The van der Waals surface area contributed by atoms with Crippen molar-refractivity contribution in [2.24, 2.45) is 0 Å². The van der Waals surface area contributed by atoms with Gasteiger partial charge in [0.25, 0.3) is 5.91 Å². The lowest BCUT2D eigenvalue weighted by molar-refractivity contribution is 0.0725. The summed E-state index contributed by atoms with van der Waals surface area (Å²) in [6.07, 6.45) is 7.06. The molecule has 4 heterocycles. The number of carbonyl (C=O) groups is 1. The van der Waals surface area contributed by atoms with Crippen molar-refractivity contribution in [1.82, 2.24) is 24.8 Å². The average molecular weight is 321 g/mol. The molecule has 0 N–H and O–H groups in total. The molecule has 0 atom stereocenters. The number of hydrogen-bond donors (Lipinski definition) is 0. The summed E-state index contributed by atoms with van der Waals surface area (Å²) < 4.78 is 5.24. The Balaban J connectivity index is 1.58. The van der Waals surface area contributed by atoms with Crippen LogP contribution in [-0.2, 0) is 13.0 Å². The van der Waals surface area contributed by atoms with E-state index in [0.717, 1.165) is 12.1 Å². The topological polar surface area (TPSA) is 85.0 Å². The number of oxazole rings is 1. The quantitative estimate of drug-likeness (QED) is 0.718. The van der Waals surface area contributed by atoms with E-state index in [4.69, 9.17) is 4.42 Å². The second-order valence-electron chi connectivity index (χ2n) is 5.61. The summed E-state index contributed by atoms with van der Waals surface area (Å²) in [6, 6.07) is 3.98. The molecule has 3 aromatic heterocycles. The Labute approximate surface area is 138 Å². The van der Waals surface area contributed by atoms with Crippen molar-refractivity contribution in [1.29, 1.82) is 0 Å². The summed E-state index contributed by atoms with van der Waals surface area (Å²) in [4.78, 5) is 31.6. The van der Waals surface area contributed by atoms with Crippen LogP contribution in [0.25, 0.3) is 11.6 Å². The van der Waals surface area contributed by atoms with Crippen molar-refractivity contribution in [3.05, 3.63) is 59.6 Å². The van der Waals surface area contributed by atoms with E-state index in [1.807, 2.05) is 6.07 Å². The van der Waals surface area contributed by atoms with Gasteiger partial charge in [-0.1, -0.05) is 6.07 Å². The van der Waals surface area contributed by atoms with Crippen LogP contribution in [0.15, 0.2) is 41.4 Å². The van der Waals surface area contributed by atoms with E-state index in [1.165, 1.54) is 18.0 Å². The molecule has 0 saturated heterocycles. The Kier molecular flexibility index (Phi) is 3.53. The van der Waals surface area contributed by atoms with Crippen LogP contribution in [0.3, 0.4) is 0 Å². The van der Waals surface area contributed by atoms with Gasteiger partial charge in [0.15, 0.2) is 0 Å². The van der Waals surface area contributed by atoms with E-state index in [9.17, 15) is 4.79 Å². The van der Waals surface area contributed by atoms with Crippen molar-refractivity contribution in [3.63, 3.8) is 0 Å². The second kappa shape index (κ2) is 5.84. The third-order valence-electron chi connectivity index (χ3n) is 4.06. The van der Waals surface area contributed by atoms with Crippen LogP contribution in [0.5, 0.6) is 0 Å². The van der Waals surface area contributed by atoms with Gasteiger partial charge in [0.1, 0.15) is 17.7 Å². The number of amides is 1. The maximum Gasteiger partial charge on any atom is 0.274 e. The highest BCUT2D eigenvalue weighted by molar-refractivity contribution is 5.92. The van der Waals surface area contributed by atoms with Crippen LogP contribution in [0, 0.1) is 6.92 Å². The maximum absolute atomic E-state index is 12.7. The Morgan fingerprint density at radius 1 is 1.25 bits per heavy atom. The van der Waals surface area contributed by atoms with Gasteiger partial charge in [0, 0.05) is 12.7 Å². The molecule has 24 heavy (non-hydrogen) atoms. The van der Waals surface area contributed by atoms with Crippen molar-refractivity contribution in [3.8, 4) is 11.6 Å². The van der Waals surface area contributed by atoms with E-state index in [1.54, 1.807) is 24.2 Å². The number of fused-ring (bicyclic) bond motifs is 1. The summed E-state index contributed by atoms with van der Waals surface area (Å²) in [5, 5.41) is 0. The molecule has 7 nitrogen and oxygen atoms in total. The minimum absolute atomic E-state index is 0.138. The summed E-state index contributed by atoms with van der Waals surface area (Å²) in [5.41, 5.74) is 3.62. The van der Waals surface area contributed by atoms with Gasteiger partial charge in [-0.15, -0.1) is 0 Å². The number of hydrogen-bond acceptors (Lipinski definition) is 6. The largest absolute Gasteiger partial charge is 0.443 e. The smallest absolute Gasteiger partial charge is 0.274 e. The Bertz CT molecular complexity index is 892. The first-order valence-corrected chi connectivity index (χ1v) is 7.68. The van der Waals surface area contributed by atoms with Gasteiger partial charge in [0.05, 0.1) is 30.3 Å². The number of nitrogens with zero attached hydrogens (tertiary/aromatic N) is 5. The Morgan fingerprint density at radius 2 is 2.17 bits per heavy atom. The fourth-order valence-corrected chi connectivity index (χ4v) is 2.83. The van der Waals surface area contributed by atoms with Gasteiger partial charge < -0.3 is 9.32 Å². The molecule has 7 heteroatoms. The average Bonchev–Trinajstić information content (AvgIpc) is 3.15. The van der Waals surface area contributed by atoms with Gasteiger partial charge in [-0.05, 0) is 25.0 Å². The van der Waals surface area contributed by atoms with Crippen LogP contribution >= 0.6 is 0 Å². The van der Waals surface area contributed by atoms with Crippen molar-refractivity contribution in [2.75, 3.05) is 6.54 Å². The maximum atomic E-state index is 12.7. The van der Waals surface area contributed by atoms with E-state index in [2.05, 4.69) is 26.0 Å². The molecule has 1 amide bonds. The molecule has 0 bridgehead atoms. The van der Waals surface area contributed by atoms with E-state index in [-0.39, 0.29) is 5.91 Å². The van der Waals surface area contributed by atoms with Crippen molar-refractivity contribution in [2.45, 2.75) is 19.9 Å². The molecule has 1 aliphatic heterocycles. The molecule has 0 aliphatic carbocycles. The molecule has 0 spiro atoms. The molecular weight excluding hydrogens is 306 g/mol. The van der Waals surface area contributed by atoms with E-state index < -0.39 is 0 Å². The molecule has 0 aromatic carbocycles. The number of aryl methyl sites for hydroxylation is 1. The monoisotopic (exact) mass is 321 g/mol. The van der Waals surface area contributed by atoms with Crippen molar-refractivity contribution >= 4 is 5.91 Å². The lowest BCUT2D eigenvalue weighted by Crippen LogP contribution is -2.37. The highest BCUT2D eigenvalue weighted by Crippen LogP contribution is 2.20. The van der Waals surface area contributed by atoms with Crippen LogP contribution in [-0.4, -0.2) is 37.3 Å². The summed E-state index contributed by atoms with van der Waals surface area (Å²) in [5.74, 6) is 0.260. The molecule has 4 rings (SSSR count). The number of rotatable bonds is 2. The molecule has 0 saturated carbocycles. The zero-order valence-corrected chi connectivity index (χ0v) is 13.1. The zero-order valence-electron chi connectivity index (χ0n) is 13.1. The van der Waals surface area contributed by atoms with Gasteiger partial charge in [-0.2, -0.15) is 0 Å². The molecule has 1 aliphatic rings. The van der Waals surface area contributed by atoms with Gasteiger partial charge in [-0.25, -0.2) is 15.0 Å². The molecule has 0 radical (unpaired) electrons. The highest BCUT2D eigenvalue weighted by atomic mass is 16.3. The molecule has 3 aromatic rings. The van der Waals surface area contributed by atoms with Gasteiger partial charge in [0.2, 0.25) is 5.89 Å². The predicted molar refractivity (Wildman–Crippen MR) is 84.9 cm³/mol. The lowest BCUT2D eigenvalue weighted by atomic mass is 10.1. The third-order valence-corrected chi connectivity index (χ3v) is 4.06. The van der Waals surface area contributed by atoms with Crippen LogP contribution in [0.2, 0.25) is 0 Å². The standard InChI is InChI=1S/C17H15N5O2/c1-11-15(16-19-6-8-24-16)20-9-13(21-11)17(23)22-7-4-12-3-2-5-18-14(12)10-22/h2-3,5-6,8-9H,4,7,10H2,1H3. The molecule has 0 unspecified atom stereocenters. The first-order valence-electron chi connectivity index (χ1n) is 7.68.